The number of amides is 1. The molecule has 0 saturated heterocycles. The highest BCUT2D eigenvalue weighted by Gasteiger charge is 2.15. The van der Waals surface area contributed by atoms with E-state index in [1.54, 1.807) is 13.1 Å². The van der Waals surface area contributed by atoms with Gasteiger partial charge in [0.1, 0.15) is 18.7 Å². The molecule has 0 aliphatic carbocycles. The first-order chi connectivity index (χ1) is 7.27. The first-order valence-corrected chi connectivity index (χ1v) is 4.41. The van der Waals surface area contributed by atoms with Crippen LogP contribution >= 0.6 is 0 Å². The summed E-state index contributed by atoms with van der Waals surface area (Å²) < 4.78 is 1.48. The van der Waals surface area contributed by atoms with Gasteiger partial charge in [-0.3, -0.25) is 9.89 Å². The van der Waals surface area contributed by atoms with Gasteiger partial charge in [0, 0.05) is 6.20 Å². The summed E-state index contributed by atoms with van der Waals surface area (Å²) >= 11 is 0. The van der Waals surface area contributed by atoms with Crippen molar-refractivity contribution >= 4 is 11.6 Å². The standard InChI is InChI=1S/C8H10N6O/c1-6(14-5-9-4-12-14)8(15)13-7-2-10-11-3-7/h2-6H,1H3,(H,10,11)(H,13,15). The van der Waals surface area contributed by atoms with Gasteiger partial charge < -0.3 is 5.32 Å². The zero-order chi connectivity index (χ0) is 10.7. The molecule has 1 atom stereocenters. The van der Waals surface area contributed by atoms with E-state index in [2.05, 4.69) is 25.6 Å². The summed E-state index contributed by atoms with van der Waals surface area (Å²) in [4.78, 5) is 15.4. The summed E-state index contributed by atoms with van der Waals surface area (Å²) in [7, 11) is 0. The van der Waals surface area contributed by atoms with Gasteiger partial charge >= 0.3 is 0 Å². The van der Waals surface area contributed by atoms with Crippen molar-refractivity contribution in [3.63, 3.8) is 0 Å². The van der Waals surface area contributed by atoms with Gasteiger partial charge in [0.2, 0.25) is 5.91 Å². The van der Waals surface area contributed by atoms with Gasteiger partial charge in [0.15, 0.2) is 0 Å². The number of hydrogen-bond donors (Lipinski definition) is 2. The van der Waals surface area contributed by atoms with Crippen LogP contribution in [0.4, 0.5) is 5.69 Å². The molecule has 0 aliphatic heterocycles. The van der Waals surface area contributed by atoms with Crippen LogP contribution in [0.25, 0.3) is 0 Å². The van der Waals surface area contributed by atoms with E-state index in [4.69, 9.17) is 0 Å². The minimum absolute atomic E-state index is 0.165. The molecular formula is C8H10N6O. The molecule has 0 aliphatic rings. The zero-order valence-electron chi connectivity index (χ0n) is 8.08. The van der Waals surface area contributed by atoms with Crippen molar-refractivity contribution in [2.45, 2.75) is 13.0 Å². The number of carbonyl (C=O) groups is 1. The van der Waals surface area contributed by atoms with Crippen LogP contribution in [-0.2, 0) is 4.79 Å². The molecule has 0 spiro atoms. The molecule has 2 aromatic heterocycles. The minimum Gasteiger partial charge on any atom is -0.322 e. The number of anilines is 1. The lowest BCUT2D eigenvalue weighted by atomic mass is 10.3. The van der Waals surface area contributed by atoms with Gasteiger partial charge in [-0.2, -0.15) is 10.2 Å². The molecule has 1 unspecified atom stereocenters. The van der Waals surface area contributed by atoms with Crippen LogP contribution in [0.5, 0.6) is 0 Å². The van der Waals surface area contributed by atoms with Gasteiger partial charge in [-0.15, -0.1) is 0 Å². The molecule has 0 saturated carbocycles. The highest BCUT2D eigenvalue weighted by Crippen LogP contribution is 2.08. The van der Waals surface area contributed by atoms with E-state index in [1.807, 2.05) is 0 Å². The molecule has 2 aromatic rings. The molecule has 1 amide bonds. The molecule has 0 fully saturated rings. The normalized spacial score (nSPS) is 12.3. The molecule has 15 heavy (non-hydrogen) atoms. The van der Waals surface area contributed by atoms with Crippen LogP contribution in [0.1, 0.15) is 13.0 Å². The van der Waals surface area contributed by atoms with Crippen LogP contribution in [0.3, 0.4) is 0 Å². The number of carbonyl (C=O) groups excluding carboxylic acids is 1. The van der Waals surface area contributed by atoms with Crippen molar-refractivity contribution in [3.05, 3.63) is 25.0 Å². The fourth-order valence-corrected chi connectivity index (χ4v) is 1.10. The van der Waals surface area contributed by atoms with E-state index < -0.39 is 6.04 Å². The maximum Gasteiger partial charge on any atom is 0.249 e. The van der Waals surface area contributed by atoms with E-state index in [0.29, 0.717) is 5.69 Å². The quantitative estimate of drug-likeness (QED) is 0.750. The van der Waals surface area contributed by atoms with Crippen molar-refractivity contribution < 1.29 is 4.79 Å². The van der Waals surface area contributed by atoms with E-state index in [9.17, 15) is 4.79 Å². The smallest absolute Gasteiger partial charge is 0.249 e. The van der Waals surface area contributed by atoms with Gasteiger partial charge in [-0.05, 0) is 6.92 Å². The second-order valence-corrected chi connectivity index (χ2v) is 3.03. The number of rotatable bonds is 3. The number of nitrogens with one attached hydrogen (secondary N) is 2. The van der Waals surface area contributed by atoms with E-state index in [0.717, 1.165) is 0 Å². The maximum atomic E-state index is 11.7. The van der Waals surface area contributed by atoms with Crippen molar-refractivity contribution in [1.82, 2.24) is 25.0 Å². The van der Waals surface area contributed by atoms with Crippen molar-refractivity contribution in [2.75, 3.05) is 5.32 Å². The predicted octanol–water partition coefficient (Wildman–Crippen LogP) is 0.201. The SMILES string of the molecule is CC(C(=O)Nc1cn[nH]c1)n1cncn1. The Morgan fingerprint density at radius 1 is 1.67 bits per heavy atom. The molecule has 0 bridgehead atoms. The zero-order valence-corrected chi connectivity index (χ0v) is 8.08. The number of aromatic amines is 1. The Balaban J connectivity index is 2.03. The number of hydrogen-bond acceptors (Lipinski definition) is 4. The Kier molecular flexibility index (Phi) is 2.44. The van der Waals surface area contributed by atoms with E-state index >= 15 is 0 Å². The monoisotopic (exact) mass is 206 g/mol. The number of aromatic nitrogens is 5. The Morgan fingerprint density at radius 2 is 2.53 bits per heavy atom. The molecule has 7 heteroatoms. The molecule has 78 valence electrons. The summed E-state index contributed by atoms with van der Waals surface area (Å²) in [6.45, 7) is 1.74. The van der Waals surface area contributed by atoms with Crippen molar-refractivity contribution in [3.8, 4) is 0 Å². The topological polar surface area (TPSA) is 88.5 Å². The molecule has 2 N–H and O–H groups in total. The predicted molar refractivity (Wildman–Crippen MR) is 52.0 cm³/mol. The molecular weight excluding hydrogens is 196 g/mol. The lowest BCUT2D eigenvalue weighted by Gasteiger charge is -2.10. The molecule has 0 radical (unpaired) electrons. The first kappa shape index (κ1) is 9.38. The molecule has 2 rings (SSSR count). The average molecular weight is 206 g/mol. The van der Waals surface area contributed by atoms with Crippen molar-refractivity contribution in [1.29, 1.82) is 0 Å². The average Bonchev–Trinajstić information content (AvgIpc) is 2.88. The summed E-state index contributed by atoms with van der Waals surface area (Å²) in [5.41, 5.74) is 0.631. The summed E-state index contributed by atoms with van der Waals surface area (Å²) in [5, 5.41) is 12.9. The highest BCUT2D eigenvalue weighted by molar-refractivity contribution is 5.93. The van der Waals surface area contributed by atoms with Crippen LogP contribution in [-0.4, -0.2) is 30.9 Å². The van der Waals surface area contributed by atoms with Gasteiger partial charge in [-0.1, -0.05) is 0 Å². The van der Waals surface area contributed by atoms with Crippen LogP contribution in [0.2, 0.25) is 0 Å². The van der Waals surface area contributed by atoms with E-state index in [-0.39, 0.29) is 5.91 Å². The Labute approximate surface area is 85.5 Å². The Morgan fingerprint density at radius 3 is 3.13 bits per heavy atom. The van der Waals surface area contributed by atoms with Crippen molar-refractivity contribution in [2.24, 2.45) is 0 Å². The third kappa shape index (κ3) is 2.01. The minimum atomic E-state index is -0.401. The Bertz CT molecular complexity index is 420. The lowest BCUT2D eigenvalue weighted by Crippen LogP contribution is -2.23. The third-order valence-electron chi connectivity index (χ3n) is 1.98. The van der Waals surface area contributed by atoms with Crippen LogP contribution in [0, 0.1) is 0 Å². The largest absolute Gasteiger partial charge is 0.322 e. The number of H-pyrrole nitrogens is 1. The van der Waals surface area contributed by atoms with Crippen LogP contribution in [0.15, 0.2) is 25.0 Å². The maximum absolute atomic E-state index is 11.7. The second-order valence-electron chi connectivity index (χ2n) is 3.03. The van der Waals surface area contributed by atoms with Gasteiger partial charge in [0.05, 0.1) is 11.9 Å². The second kappa shape index (κ2) is 3.91. The summed E-state index contributed by atoms with van der Waals surface area (Å²) in [6.07, 6.45) is 6.03. The summed E-state index contributed by atoms with van der Waals surface area (Å²) in [6, 6.07) is -0.401. The van der Waals surface area contributed by atoms with Crippen LogP contribution < -0.4 is 5.32 Å². The fraction of sp³-hybridized carbons (Fsp3) is 0.250. The number of nitrogens with zero attached hydrogens (tertiary/aromatic N) is 4. The fourth-order valence-electron chi connectivity index (χ4n) is 1.10. The third-order valence-corrected chi connectivity index (χ3v) is 1.98. The van der Waals surface area contributed by atoms with Gasteiger partial charge in [-0.25, -0.2) is 9.67 Å². The van der Waals surface area contributed by atoms with E-state index in [1.165, 1.54) is 23.5 Å². The molecule has 7 nitrogen and oxygen atoms in total. The lowest BCUT2D eigenvalue weighted by molar-refractivity contribution is -0.119. The van der Waals surface area contributed by atoms with Gasteiger partial charge in [0.25, 0.3) is 0 Å². The Hall–Kier alpha value is -2.18. The summed E-state index contributed by atoms with van der Waals surface area (Å²) in [5.74, 6) is -0.165. The molecule has 2 heterocycles. The highest BCUT2D eigenvalue weighted by atomic mass is 16.2. The molecule has 0 aromatic carbocycles. The first-order valence-electron chi connectivity index (χ1n) is 4.41.